The quantitative estimate of drug-likeness (QED) is 0.176. The van der Waals surface area contributed by atoms with Gasteiger partial charge in [0.1, 0.15) is 17.2 Å². The van der Waals surface area contributed by atoms with E-state index in [1.807, 2.05) is 48.5 Å². The molecule has 5 nitrogen and oxygen atoms in total. The van der Waals surface area contributed by atoms with Crippen LogP contribution in [-0.2, 0) is 0 Å². The lowest BCUT2D eigenvalue weighted by Gasteiger charge is -2.06. The fourth-order valence-corrected chi connectivity index (χ4v) is 7.45. The molecule has 0 spiro atoms. The number of aromatic nitrogens is 2. The predicted octanol–water partition coefficient (Wildman–Crippen LogP) is 9.78. The molecule has 0 radical (unpaired) electrons. The summed E-state index contributed by atoms with van der Waals surface area (Å²) < 4.78 is 0. The van der Waals surface area contributed by atoms with Gasteiger partial charge in [0.25, 0.3) is 0 Å². The molecule has 7 aromatic rings. The number of phenols is 3. The Kier molecular flexibility index (Phi) is 6.79. The van der Waals surface area contributed by atoms with Gasteiger partial charge in [-0.15, -0.1) is 34.0 Å². The summed E-state index contributed by atoms with van der Waals surface area (Å²) in [6, 6.07) is 36.1. The van der Waals surface area contributed by atoms with Crippen LogP contribution in [0.1, 0.15) is 0 Å². The molecule has 0 saturated heterocycles. The molecule has 0 atom stereocenters. The standard InChI is InChI=1S/C34H22N2O3S3/c37-23-7-1-20(2-8-23)28-13-16-31(40-28)26-19-27(32-17-14-29(41-32)21-3-9-24(38)10-4-21)36-34(35-26)33-18-15-30(42-33)22-5-11-25(39)12-6-22/h1-19,37-39H. The summed E-state index contributed by atoms with van der Waals surface area (Å²) >= 11 is 4.91. The van der Waals surface area contributed by atoms with Gasteiger partial charge >= 0.3 is 0 Å². The van der Waals surface area contributed by atoms with E-state index in [1.165, 1.54) is 0 Å². The van der Waals surface area contributed by atoms with Crippen molar-refractivity contribution in [2.45, 2.75) is 0 Å². The minimum absolute atomic E-state index is 0.237. The van der Waals surface area contributed by atoms with Gasteiger partial charge in [-0.3, -0.25) is 0 Å². The van der Waals surface area contributed by atoms with Crippen molar-refractivity contribution in [2.24, 2.45) is 0 Å². The van der Waals surface area contributed by atoms with Crippen molar-refractivity contribution in [1.82, 2.24) is 9.97 Å². The molecule has 0 aliphatic rings. The molecule has 4 heterocycles. The van der Waals surface area contributed by atoms with Crippen LogP contribution in [0, 0.1) is 0 Å². The molecule has 42 heavy (non-hydrogen) atoms. The summed E-state index contributed by atoms with van der Waals surface area (Å²) in [5, 5.41) is 29.1. The summed E-state index contributed by atoms with van der Waals surface area (Å²) in [6.45, 7) is 0. The van der Waals surface area contributed by atoms with Crippen LogP contribution in [0.4, 0.5) is 0 Å². The molecule has 0 fully saturated rings. The number of thiophene rings is 3. The monoisotopic (exact) mass is 602 g/mol. The highest BCUT2D eigenvalue weighted by molar-refractivity contribution is 7.19. The highest BCUT2D eigenvalue weighted by Gasteiger charge is 2.16. The van der Waals surface area contributed by atoms with E-state index in [0.29, 0.717) is 5.82 Å². The van der Waals surface area contributed by atoms with E-state index in [-0.39, 0.29) is 17.2 Å². The van der Waals surface area contributed by atoms with Crippen LogP contribution in [0.5, 0.6) is 17.2 Å². The first kappa shape index (κ1) is 26.2. The molecule has 8 heteroatoms. The second kappa shape index (κ2) is 10.9. The van der Waals surface area contributed by atoms with Gasteiger partial charge in [-0.25, -0.2) is 9.97 Å². The van der Waals surface area contributed by atoms with E-state index in [1.54, 1.807) is 70.4 Å². The van der Waals surface area contributed by atoms with Crippen molar-refractivity contribution < 1.29 is 15.3 Å². The summed E-state index contributed by atoms with van der Waals surface area (Å²) in [7, 11) is 0. The number of hydrogen-bond acceptors (Lipinski definition) is 8. The molecule has 7 rings (SSSR count). The molecule has 3 N–H and O–H groups in total. The largest absolute Gasteiger partial charge is 0.508 e. The summed E-state index contributed by atoms with van der Waals surface area (Å²) in [4.78, 5) is 16.3. The molecule has 4 aromatic heterocycles. The molecule has 0 aliphatic heterocycles. The maximum Gasteiger partial charge on any atom is 0.170 e. The van der Waals surface area contributed by atoms with Gasteiger partial charge in [0.15, 0.2) is 5.82 Å². The molecule has 204 valence electrons. The molecular formula is C34H22N2O3S3. The molecule has 0 amide bonds. The zero-order valence-corrected chi connectivity index (χ0v) is 24.4. The van der Waals surface area contributed by atoms with E-state index in [4.69, 9.17) is 9.97 Å². The first-order chi connectivity index (χ1) is 20.5. The second-order valence-electron chi connectivity index (χ2n) is 9.59. The lowest BCUT2D eigenvalue weighted by molar-refractivity contribution is 0.475. The number of rotatable bonds is 6. The van der Waals surface area contributed by atoms with Crippen LogP contribution >= 0.6 is 34.0 Å². The normalized spacial score (nSPS) is 11.1. The zero-order valence-electron chi connectivity index (χ0n) is 21.9. The number of benzene rings is 3. The Labute approximate surface area is 254 Å². The van der Waals surface area contributed by atoms with Crippen LogP contribution in [0.25, 0.3) is 63.2 Å². The maximum absolute atomic E-state index is 9.70. The van der Waals surface area contributed by atoms with Gasteiger partial charge in [-0.1, -0.05) is 0 Å². The van der Waals surface area contributed by atoms with Gasteiger partial charge in [0, 0.05) is 14.6 Å². The highest BCUT2D eigenvalue weighted by atomic mass is 32.1. The lowest BCUT2D eigenvalue weighted by atomic mass is 10.2. The van der Waals surface area contributed by atoms with Crippen molar-refractivity contribution in [2.75, 3.05) is 0 Å². The summed E-state index contributed by atoms with van der Waals surface area (Å²) in [5.74, 6) is 1.37. The third-order valence-corrected chi connectivity index (χ3v) is 10.2. The fraction of sp³-hybridized carbons (Fsp3) is 0. The number of aromatic hydroxyl groups is 3. The Morgan fingerprint density at radius 2 is 0.667 bits per heavy atom. The Bertz CT molecular complexity index is 1760. The van der Waals surface area contributed by atoms with E-state index in [9.17, 15) is 15.3 Å². The zero-order chi connectivity index (χ0) is 28.6. The van der Waals surface area contributed by atoms with Crippen molar-refractivity contribution in [1.29, 1.82) is 0 Å². The first-order valence-corrected chi connectivity index (χ1v) is 15.5. The third-order valence-electron chi connectivity index (χ3n) is 6.72. The Balaban J connectivity index is 1.31. The lowest BCUT2D eigenvalue weighted by Crippen LogP contribution is -1.92. The summed E-state index contributed by atoms with van der Waals surface area (Å²) in [5.41, 5.74) is 4.77. The van der Waals surface area contributed by atoms with Crippen LogP contribution in [-0.4, -0.2) is 25.3 Å². The third kappa shape index (κ3) is 5.31. The molecule has 0 aliphatic carbocycles. The van der Waals surface area contributed by atoms with Crippen LogP contribution < -0.4 is 0 Å². The van der Waals surface area contributed by atoms with E-state index in [0.717, 1.165) is 57.3 Å². The van der Waals surface area contributed by atoms with Crippen LogP contribution in [0.15, 0.2) is 115 Å². The predicted molar refractivity (Wildman–Crippen MR) is 173 cm³/mol. The van der Waals surface area contributed by atoms with Crippen LogP contribution in [0.2, 0.25) is 0 Å². The molecule has 0 unspecified atom stereocenters. The van der Waals surface area contributed by atoms with E-state index < -0.39 is 0 Å². The molecule has 3 aromatic carbocycles. The van der Waals surface area contributed by atoms with Gasteiger partial charge in [-0.2, -0.15) is 0 Å². The summed E-state index contributed by atoms with van der Waals surface area (Å²) in [6.07, 6.45) is 0. The SMILES string of the molecule is Oc1ccc(-c2ccc(-c3cc(-c4ccc(-c5ccc(O)cc5)s4)nc(-c4ccc(-c5ccc(O)cc5)s4)n3)s2)cc1. The minimum atomic E-state index is 0.237. The van der Waals surface area contributed by atoms with Crippen molar-refractivity contribution in [3.05, 3.63) is 115 Å². The number of hydrogen-bond donors (Lipinski definition) is 3. The van der Waals surface area contributed by atoms with E-state index in [2.05, 4.69) is 30.3 Å². The Morgan fingerprint density at radius 3 is 1.05 bits per heavy atom. The highest BCUT2D eigenvalue weighted by Crippen LogP contribution is 2.40. The van der Waals surface area contributed by atoms with Crippen molar-refractivity contribution in [3.8, 4) is 80.4 Å². The second-order valence-corrected chi connectivity index (χ2v) is 12.8. The van der Waals surface area contributed by atoms with Gasteiger partial charge in [0.2, 0.25) is 0 Å². The number of nitrogens with zero attached hydrogens (tertiary/aromatic N) is 2. The van der Waals surface area contributed by atoms with Gasteiger partial charge in [-0.05, 0) is 132 Å². The molecule has 0 saturated carbocycles. The fourth-order valence-electron chi connectivity index (χ4n) is 4.56. The smallest absolute Gasteiger partial charge is 0.170 e. The van der Waals surface area contributed by atoms with E-state index >= 15 is 0 Å². The Hall–Kier alpha value is -4.76. The van der Waals surface area contributed by atoms with Crippen LogP contribution in [0.3, 0.4) is 0 Å². The molecular weight excluding hydrogens is 581 g/mol. The topological polar surface area (TPSA) is 86.5 Å². The first-order valence-electron chi connectivity index (χ1n) is 13.1. The van der Waals surface area contributed by atoms with Gasteiger partial charge < -0.3 is 15.3 Å². The van der Waals surface area contributed by atoms with Crippen molar-refractivity contribution >= 4 is 34.0 Å². The maximum atomic E-state index is 9.70. The van der Waals surface area contributed by atoms with Crippen molar-refractivity contribution in [3.63, 3.8) is 0 Å². The average Bonchev–Trinajstić information content (AvgIpc) is 3.80. The number of phenolic OH excluding ortho intramolecular Hbond substituents is 3. The Morgan fingerprint density at radius 1 is 0.357 bits per heavy atom. The minimum Gasteiger partial charge on any atom is -0.508 e. The molecule has 0 bridgehead atoms. The van der Waals surface area contributed by atoms with Gasteiger partial charge in [0.05, 0.1) is 26.0 Å². The average molecular weight is 603 g/mol.